The van der Waals surface area contributed by atoms with E-state index in [2.05, 4.69) is 5.32 Å². The molecule has 3 aromatic carbocycles. The SMILES string of the molecule is Cc1ccc(F)c(NC(=O)c2cccc(S(=O)(=O)N3CCc4ccccc43)c2)c1. The molecule has 0 atom stereocenters. The van der Waals surface area contributed by atoms with Crippen LogP contribution in [0.1, 0.15) is 21.5 Å². The third-order valence-corrected chi connectivity index (χ3v) is 6.71. The van der Waals surface area contributed by atoms with E-state index in [1.54, 1.807) is 25.1 Å². The Hall–Kier alpha value is -3.19. The molecule has 0 saturated carbocycles. The highest BCUT2D eigenvalue weighted by atomic mass is 32.2. The monoisotopic (exact) mass is 410 g/mol. The van der Waals surface area contributed by atoms with Gasteiger partial charge in [0.05, 0.1) is 16.3 Å². The second-order valence-electron chi connectivity index (χ2n) is 6.92. The van der Waals surface area contributed by atoms with Gasteiger partial charge in [-0.1, -0.05) is 30.3 Å². The number of anilines is 2. The Labute approximate surface area is 168 Å². The van der Waals surface area contributed by atoms with Gasteiger partial charge in [0.2, 0.25) is 0 Å². The number of sulfonamides is 1. The van der Waals surface area contributed by atoms with Crippen LogP contribution in [-0.2, 0) is 16.4 Å². The number of nitrogens with one attached hydrogen (secondary N) is 1. The second kappa shape index (κ2) is 7.33. The minimum absolute atomic E-state index is 0.0200. The van der Waals surface area contributed by atoms with Gasteiger partial charge < -0.3 is 5.32 Å². The molecule has 0 saturated heterocycles. The number of amides is 1. The first-order valence-electron chi connectivity index (χ1n) is 9.14. The number of aryl methyl sites for hydroxylation is 1. The standard InChI is InChI=1S/C22H19FN2O3S/c1-15-9-10-19(23)20(13-15)24-22(26)17-6-4-7-18(14-17)29(27,28)25-12-11-16-5-2-3-8-21(16)25/h2-10,13-14H,11-12H2,1H3,(H,24,26). The number of nitrogens with zero attached hydrogens (tertiary/aromatic N) is 1. The maximum absolute atomic E-state index is 13.9. The van der Waals surface area contributed by atoms with Crippen LogP contribution in [0.25, 0.3) is 0 Å². The third kappa shape index (κ3) is 3.61. The summed E-state index contributed by atoms with van der Waals surface area (Å²) in [6, 6.07) is 17.5. The predicted octanol–water partition coefficient (Wildman–Crippen LogP) is 4.14. The molecule has 148 valence electrons. The van der Waals surface area contributed by atoms with Crippen molar-refractivity contribution >= 4 is 27.3 Å². The summed E-state index contributed by atoms with van der Waals surface area (Å²) < 4.78 is 41.6. The molecule has 0 bridgehead atoms. The lowest BCUT2D eigenvalue weighted by atomic mass is 10.2. The number of benzene rings is 3. The van der Waals surface area contributed by atoms with E-state index in [0.29, 0.717) is 18.7 Å². The first kappa shape index (κ1) is 19.1. The smallest absolute Gasteiger partial charge is 0.264 e. The Morgan fingerprint density at radius 2 is 1.83 bits per heavy atom. The Balaban J connectivity index is 1.63. The summed E-state index contributed by atoms with van der Waals surface area (Å²) in [7, 11) is -3.82. The minimum atomic E-state index is -3.82. The fourth-order valence-corrected chi connectivity index (χ4v) is 4.96. The topological polar surface area (TPSA) is 66.5 Å². The average molecular weight is 410 g/mol. The molecule has 1 amide bonds. The Bertz CT molecular complexity index is 1210. The molecule has 0 radical (unpaired) electrons. The molecule has 0 fully saturated rings. The van der Waals surface area contributed by atoms with E-state index in [1.807, 2.05) is 12.1 Å². The number of carbonyl (C=O) groups excluding carboxylic acids is 1. The third-order valence-electron chi connectivity index (χ3n) is 4.90. The van der Waals surface area contributed by atoms with Crippen molar-refractivity contribution in [1.82, 2.24) is 0 Å². The van der Waals surface area contributed by atoms with E-state index in [0.717, 1.165) is 11.1 Å². The Morgan fingerprint density at radius 1 is 1.03 bits per heavy atom. The normalized spacial score (nSPS) is 13.2. The Kier molecular flexibility index (Phi) is 4.84. The maximum Gasteiger partial charge on any atom is 0.264 e. The molecule has 1 N–H and O–H groups in total. The summed E-state index contributed by atoms with van der Waals surface area (Å²) in [5, 5.41) is 2.51. The quantitative estimate of drug-likeness (QED) is 0.703. The molecule has 0 aliphatic carbocycles. The highest BCUT2D eigenvalue weighted by Crippen LogP contribution is 2.32. The molecule has 7 heteroatoms. The van der Waals surface area contributed by atoms with Gasteiger partial charge in [0.1, 0.15) is 5.82 Å². The van der Waals surface area contributed by atoms with Gasteiger partial charge in [-0.15, -0.1) is 0 Å². The lowest BCUT2D eigenvalue weighted by Gasteiger charge is -2.20. The summed E-state index contributed by atoms with van der Waals surface area (Å²) in [4.78, 5) is 12.6. The van der Waals surface area contributed by atoms with E-state index < -0.39 is 21.7 Å². The van der Waals surface area contributed by atoms with E-state index in [9.17, 15) is 17.6 Å². The van der Waals surface area contributed by atoms with Crippen molar-refractivity contribution in [2.75, 3.05) is 16.2 Å². The van der Waals surface area contributed by atoms with Gasteiger partial charge in [-0.3, -0.25) is 9.10 Å². The molecule has 4 rings (SSSR count). The molecule has 0 spiro atoms. The number of rotatable bonds is 4. The van der Waals surface area contributed by atoms with Gasteiger partial charge in [-0.05, 0) is 60.9 Å². The van der Waals surface area contributed by atoms with E-state index in [4.69, 9.17) is 0 Å². The van der Waals surface area contributed by atoms with Gasteiger partial charge in [0, 0.05) is 12.1 Å². The fourth-order valence-electron chi connectivity index (χ4n) is 3.41. The molecule has 29 heavy (non-hydrogen) atoms. The van der Waals surface area contributed by atoms with Crippen LogP contribution in [0.2, 0.25) is 0 Å². The van der Waals surface area contributed by atoms with Crippen molar-refractivity contribution in [2.24, 2.45) is 0 Å². The zero-order chi connectivity index (χ0) is 20.6. The van der Waals surface area contributed by atoms with E-state index >= 15 is 0 Å². The molecule has 1 aliphatic heterocycles. The number of hydrogen-bond donors (Lipinski definition) is 1. The highest BCUT2D eigenvalue weighted by Gasteiger charge is 2.31. The first-order valence-corrected chi connectivity index (χ1v) is 10.6. The fraction of sp³-hybridized carbons (Fsp3) is 0.136. The van der Waals surface area contributed by atoms with Crippen LogP contribution in [0.15, 0.2) is 71.6 Å². The Morgan fingerprint density at radius 3 is 2.66 bits per heavy atom. The summed E-state index contributed by atoms with van der Waals surface area (Å²) in [5.74, 6) is -1.13. The van der Waals surface area contributed by atoms with Crippen molar-refractivity contribution in [2.45, 2.75) is 18.2 Å². The van der Waals surface area contributed by atoms with Crippen LogP contribution < -0.4 is 9.62 Å². The van der Waals surface area contributed by atoms with Crippen LogP contribution in [0, 0.1) is 12.7 Å². The molecule has 0 aromatic heterocycles. The summed E-state index contributed by atoms with van der Waals surface area (Å²) in [6.45, 7) is 2.14. The largest absolute Gasteiger partial charge is 0.319 e. The van der Waals surface area contributed by atoms with Gasteiger partial charge in [-0.25, -0.2) is 12.8 Å². The summed E-state index contributed by atoms with van der Waals surface area (Å²) in [6.07, 6.45) is 0.641. The first-order chi connectivity index (χ1) is 13.9. The molecule has 3 aromatic rings. The molecular weight excluding hydrogens is 391 g/mol. The predicted molar refractivity (Wildman–Crippen MR) is 110 cm³/mol. The molecular formula is C22H19FN2O3S. The number of fused-ring (bicyclic) bond motifs is 1. The van der Waals surface area contributed by atoms with Gasteiger partial charge in [0.25, 0.3) is 15.9 Å². The zero-order valence-corrected chi connectivity index (χ0v) is 16.5. The minimum Gasteiger partial charge on any atom is -0.319 e. The number of hydrogen-bond acceptors (Lipinski definition) is 3. The van der Waals surface area contributed by atoms with Crippen LogP contribution in [0.3, 0.4) is 0 Å². The van der Waals surface area contributed by atoms with Crippen molar-refractivity contribution < 1.29 is 17.6 Å². The van der Waals surface area contributed by atoms with Crippen molar-refractivity contribution in [3.05, 3.63) is 89.2 Å². The van der Waals surface area contributed by atoms with E-state index in [-0.39, 0.29) is 16.1 Å². The second-order valence-corrected chi connectivity index (χ2v) is 8.78. The highest BCUT2D eigenvalue weighted by molar-refractivity contribution is 7.92. The van der Waals surface area contributed by atoms with Gasteiger partial charge in [-0.2, -0.15) is 0 Å². The zero-order valence-electron chi connectivity index (χ0n) is 15.7. The number of carbonyl (C=O) groups is 1. The van der Waals surface area contributed by atoms with Gasteiger partial charge >= 0.3 is 0 Å². The summed E-state index contributed by atoms with van der Waals surface area (Å²) in [5.41, 5.74) is 2.62. The molecule has 1 aliphatic rings. The van der Waals surface area contributed by atoms with Crippen LogP contribution >= 0.6 is 0 Å². The van der Waals surface area contributed by atoms with Crippen molar-refractivity contribution in [3.8, 4) is 0 Å². The van der Waals surface area contributed by atoms with Crippen molar-refractivity contribution in [1.29, 1.82) is 0 Å². The lowest BCUT2D eigenvalue weighted by molar-refractivity contribution is 0.102. The van der Waals surface area contributed by atoms with Crippen LogP contribution in [-0.4, -0.2) is 20.9 Å². The lowest BCUT2D eigenvalue weighted by Crippen LogP contribution is -2.29. The maximum atomic E-state index is 13.9. The summed E-state index contributed by atoms with van der Waals surface area (Å²) >= 11 is 0. The molecule has 5 nitrogen and oxygen atoms in total. The van der Waals surface area contributed by atoms with Gasteiger partial charge in [0.15, 0.2) is 0 Å². The van der Waals surface area contributed by atoms with Crippen LogP contribution in [0.5, 0.6) is 0 Å². The number of para-hydroxylation sites is 1. The van der Waals surface area contributed by atoms with Crippen LogP contribution in [0.4, 0.5) is 15.8 Å². The average Bonchev–Trinajstić information content (AvgIpc) is 3.16. The molecule has 0 unspecified atom stereocenters. The van der Waals surface area contributed by atoms with Crippen molar-refractivity contribution in [3.63, 3.8) is 0 Å². The van der Waals surface area contributed by atoms with E-state index in [1.165, 1.54) is 40.7 Å². The molecule has 1 heterocycles. The number of halogens is 1.